The Morgan fingerprint density at radius 3 is 2.15 bits per heavy atom. The Morgan fingerprint density at radius 1 is 1.31 bits per heavy atom. The largest absolute Gasteiger partial charge is 0.478 e. The first-order valence-corrected chi connectivity index (χ1v) is 3.76. The molecule has 1 unspecified atom stereocenters. The van der Waals surface area contributed by atoms with Gasteiger partial charge in [-0.3, -0.25) is 9.59 Å². The van der Waals surface area contributed by atoms with Crippen molar-refractivity contribution in [3.63, 3.8) is 0 Å². The second kappa shape index (κ2) is 5.13. The minimum Gasteiger partial charge on any atom is -0.478 e. The number of hydrogen-bond donors (Lipinski definition) is 3. The van der Waals surface area contributed by atoms with Crippen molar-refractivity contribution in [1.82, 2.24) is 10.6 Å². The fourth-order valence-electron chi connectivity index (χ4n) is 0.626. The molecule has 6 heteroatoms. The molecule has 13 heavy (non-hydrogen) atoms. The van der Waals surface area contributed by atoms with Crippen LogP contribution >= 0.6 is 0 Å². The maximum absolute atomic E-state index is 10.8. The van der Waals surface area contributed by atoms with Crippen LogP contribution in [0.15, 0.2) is 0 Å². The van der Waals surface area contributed by atoms with Gasteiger partial charge in [0.25, 0.3) is 0 Å². The van der Waals surface area contributed by atoms with Crippen molar-refractivity contribution in [3.8, 4) is 0 Å². The van der Waals surface area contributed by atoms with Crippen molar-refractivity contribution in [2.24, 2.45) is 0 Å². The highest BCUT2D eigenvalue weighted by molar-refractivity contribution is 5.86. The molecule has 0 fully saturated rings. The van der Waals surface area contributed by atoms with E-state index in [2.05, 4.69) is 10.6 Å². The van der Waals surface area contributed by atoms with Crippen LogP contribution in [0, 0.1) is 0 Å². The van der Waals surface area contributed by atoms with E-state index in [1.165, 1.54) is 6.92 Å². The SMILES string of the molecule is CCC(=O)NC(NC(C)=O)C(=O)O. The topological polar surface area (TPSA) is 95.5 Å². The quantitative estimate of drug-likeness (QED) is 0.496. The smallest absolute Gasteiger partial charge is 0.347 e. The summed E-state index contributed by atoms with van der Waals surface area (Å²) in [4.78, 5) is 31.7. The zero-order valence-electron chi connectivity index (χ0n) is 7.46. The molecular formula is C7H12N2O4. The number of carboxylic acid groups (broad SMARTS) is 1. The first kappa shape index (κ1) is 11.4. The standard InChI is InChI=1S/C7H12N2O4/c1-3-5(11)9-6(7(12)13)8-4(2)10/h6H,3H2,1-2H3,(H,8,10)(H,9,11)(H,12,13). The van der Waals surface area contributed by atoms with Gasteiger partial charge in [-0.1, -0.05) is 6.92 Å². The van der Waals surface area contributed by atoms with Crippen LogP contribution in [0.3, 0.4) is 0 Å². The van der Waals surface area contributed by atoms with Gasteiger partial charge in [0.2, 0.25) is 18.0 Å². The summed E-state index contributed by atoms with van der Waals surface area (Å²) in [6.45, 7) is 2.76. The number of carboxylic acids is 1. The number of aliphatic carboxylic acids is 1. The summed E-state index contributed by atoms with van der Waals surface area (Å²) in [7, 11) is 0. The van der Waals surface area contributed by atoms with Gasteiger partial charge in [-0.25, -0.2) is 4.79 Å². The van der Waals surface area contributed by atoms with E-state index in [0.29, 0.717) is 0 Å². The molecular weight excluding hydrogens is 176 g/mol. The molecule has 0 spiro atoms. The van der Waals surface area contributed by atoms with Crippen molar-refractivity contribution < 1.29 is 19.5 Å². The van der Waals surface area contributed by atoms with Crippen molar-refractivity contribution in [2.45, 2.75) is 26.4 Å². The summed E-state index contributed by atoms with van der Waals surface area (Å²) in [6, 6.07) is 0. The van der Waals surface area contributed by atoms with E-state index in [0.717, 1.165) is 0 Å². The lowest BCUT2D eigenvalue weighted by Gasteiger charge is -2.13. The van der Waals surface area contributed by atoms with Crippen molar-refractivity contribution >= 4 is 17.8 Å². The van der Waals surface area contributed by atoms with Gasteiger partial charge < -0.3 is 15.7 Å². The molecule has 0 aromatic carbocycles. The molecule has 2 amide bonds. The lowest BCUT2D eigenvalue weighted by Crippen LogP contribution is -2.52. The fraction of sp³-hybridized carbons (Fsp3) is 0.571. The van der Waals surface area contributed by atoms with Crippen LogP contribution in [0.25, 0.3) is 0 Å². The van der Waals surface area contributed by atoms with Gasteiger partial charge >= 0.3 is 5.97 Å². The number of carbonyl (C=O) groups is 3. The number of hydrogen-bond acceptors (Lipinski definition) is 3. The van der Waals surface area contributed by atoms with E-state index < -0.39 is 23.9 Å². The van der Waals surface area contributed by atoms with Gasteiger partial charge in [0.1, 0.15) is 0 Å². The van der Waals surface area contributed by atoms with Crippen LogP contribution in [-0.4, -0.2) is 29.1 Å². The Kier molecular flexibility index (Phi) is 4.50. The summed E-state index contributed by atoms with van der Waals surface area (Å²) in [5, 5.41) is 12.7. The first-order valence-electron chi connectivity index (χ1n) is 3.76. The molecule has 0 aliphatic carbocycles. The predicted octanol–water partition coefficient (Wildman–Crippen LogP) is -0.941. The van der Waals surface area contributed by atoms with Crippen LogP contribution in [0.4, 0.5) is 0 Å². The van der Waals surface area contributed by atoms with Gasteiger partial charge in [0.15, 0.2) is 0 Å². The fourth-order valence-corrected chi connectivity index (χ4v) is 0.626. The van der Waals surface area contributed by atoms with Crippen LogP contribution in [0.5, 0.6) is 0 Å². The zero-order chi connectivity index (χ0) is 10.4. The van der Waals surface area contributed by atoms with Gasteiger partial charge in [-0.05, 0) is 0 Å². The Morgan fingerprint density at radius 2 is 1.85 bits per heavy atom. The average molecular weight is 188 g/mol. The van der Waals surface area contributed by atoms with Gasteiger partial charge in [0, 0.05) is 13.3 Å². The van der Waals surface area contributed by atoms with E-state index >= 15 is 0 Å². The number of carbonyl (C=O) groups excluding carboxylic acids is 2. The molecule has 0 rings (SSSR count). The number of amides is 2. The maximum atomic E-state index is 10.8. The van der Waals surface area contributed by atoms with Gasteiger partial charge in [0.05, 0.1) is 0 Å². The highest BCUT2D eigenvalue weighted by Crippen LogP contribution is 1.82. The lowest BCUT2D eigenvalue weighted by molar-refractivity contribution is -0.144. The van der Waals surface area contributed by atoms with Crippen LogP contribution in [0.1, 0.15) is 20.3 Å². The zero-order valence-corrected chi connectivity index (χ0v) is 7.46. The molecule has 0 heterocycles. The van der Waals surface area contributed by atoms with Gasteiger partial charge in [-0.2, -0.15) is 0 Å². The van der Waals surface area contributed by atoms with E-state index in [4.69, 9.17) is 5.11 Å². The first-order chi connectivity index (χ1) is 5.97. The molecule has 0 saturated carbocycles. The summed E-state index contributed by atoms with van der Waals surface area (Å²) >= 11 is 0. The van der Waals surface area contributed by atoms with E-state index in [9.17, 15) is 14.4 Å². The molecule has 74 valence electrons. The Balaban J connectivity index is 4.18. The van der Waals surface area contributed by atoms with Crippen molar-refractivity contribution in [3.05, 3.63) is 0 Å². The Labute approximate surface area is 75.3 Å². The molecule has 0 radical (unpaired) electrons. The third-order valence-corrected chi connectivity index (χ3v) is 1.22. The average Bonchev–Trinajstić information content (AvgIpc) is 2.02. The molecule has 0 bridgehead atoms. The summed E-state index contributed by atoms with van der Waals surface area (Å²) < 4.78 is 0. The van der Waals surface area contributed by atoms with Gasteiger partial charge in [-0.15, -0.1) is 0 Å². The lowest BCUT2D eigenvalue weighted by atomic mass is 10.4. The van der Waals surface area contributed by atoms with E-state index in [-0.39, 0.29) is 6.42 Å². The highest BCUT2D eigenvalue weighted by Gasteiger charge is 2.19. The van der Waals surface area contributed by atoms with E-state index in [1.54, 1.807) is 6.92 Å². The number of rotatable bonds is 4. The maximum Gasteiger partial charge on any atom is 0.347 e. The second-order valence-electron chi connectivity index (χ2n) is 2.39. The molecule has 6 nitrogen and oxygen atoms in total. The minimum absolute atomic E-state index is 0.170. The molecule has 1 atom stereocenters. The Bertz CT molecular complexity index is 227. The summed E-state index contributed by atoms with van der Waals surface area (Å²) in [5.41, 5.74) is 0. The molecule has 3 N–H and O–H groups in total. The normalized spacial score (nSPS) is 11.5. The van der Waals surface area contributed by atoms with Crippen molar-refractivity contribution in [2.75, 3.05) is 0 Å². The summed E-state index contributed by atoms with van der Waals surface area (Å²) in [5.74, 6) is -2.23. The van der Waals surface area contributed by atoms with Crippen molar-refractivity contribution in [1.29, 1.82) is 0 Å². The molecule has 0 aliphatic heterocycles. The minimum atomic E-state index is -1.34. The Hall–Kier alpha value is -1.59. The third kappa shape index (κ3) is 4.78. The van der Waals surface area contributed by atoms with Crippen LogP contribution in [-0.2, 0) is 14.4 Å². The predicted molar refractivity (Wildman–Crippen MR) is 43.7 cm³/mol. The molecule has 0 aromatic rings. The molecule has 0 saturated heterocycles. The van der Waals surface area contributed by atoms with Crippen LogP contribution < -0.4 is 10.6 Å². The summed E-state index contributed by atoms with van der Waals surface area (Å²) in [6.07, 6.45) is -1.17. The second-order valence-corrected chi connectivity index (χ2v) is 2.39. The highest BCUT2D eigenvalue weighted by atomic mass is 16.4. The molecule has 0 aliphatic rings. The monoisotopic (exact) mass is 188 g/mol. The molecule has 0 aromatic heterocycles. The third-order valence-electron chi connectivity index (χ3n) is 1.22. The van der Waals surface area contributed by atoms with Crippen LogP contribution in [0.2, 0.25) is 0 Å². The van der Waals surface area contributed by atoms with E-state index in [1.807, 2.05) is 0 Å². The number of nitrogens with one attached hydrogen (secondary N) is 2.